The molecule has 0 saturated carbocycles. The Morgan fingerprint density at radius 1 is 1.25 bits per heavy atom. The molecule has 0 spiro atoms. The van der Waals surface area contributed by atoms with Crippen LogP contribution in [0.3, 0.4) is 0 Å². The van der Waals surface area contributed by atoms with Gasteiger partial charge in [0.25, 0.3) is 0 Å². The van der Waals surface area contributed by atoms with E-state index in [4.69, 9.17) is 23.2 Å². The second-order valence-corrected chi connectivity index (χ2v) is 4.42. The van der Waals surface area contributed by atoms with Crippen LogP contribution in [0.25, 0.3) is 0 Å². The minimum absolute atomic E-state index is 0.594. The van der Waals surface area contributed by atoms with E-state index in [1.807, 2.05) is 0 Å². The maximum Gasteiger partial charge on any atom is 0.128 e. The van der Waals surface area contributed by atoms with Crippen molar-refractivity contribution in [3.63, 3.8) is 0 Å². The van der Waals surface area contributed by atoms with Crippen molar-refractivity contribution in [1.82, 2.24) is 0 Å². The third kappa shape index (κ3) is 4.42. The molecule has 0 aromatic heterocycles. The largest absolute Gasteiger partial charge is 0.128 e. The van der Waals surface area contributed by atoms with Gasteiger partial charge in [-0.3, -0.25) is 0 Å². The SMILES string of the molecule is ClC(Cl)(CBr)CCBr. The summed E-state index contributed by atoms with van der Waals surface area (Å²) in [4.78, 5) is 0. The molecular weight excluding hydrogens is 279 g/mol. The Kier molecular flexibility index (Phi) is 5.21. The van der Waals surface area contributed by atoms with E-state index in [2.05, 4.69) is 31.9 Å². The van der Waals surface area contributed by atoms with Gasteiger partial charge in [0, 0.05) is 10.7 Å². The van der Waals surface area contributed by atoms with Gasteiger partial charge in [-0.1, -0.05) is 31.9 Å². The van der Waals surface area contributed by atoms with E-state index in [1.165, 1.54) is 0 Å². The van der Waals surface area contributed by atoms with Crippen LogP contribution in [0.1, 0.15) is 6.42 Å². The van der Waals surface area contributed by atoms with Gasteiger partial charge in [-0.15, -0.1) is 23.2 Å². The molecule has 0 fully saturated rings. The van der Waals surface area contributed by atoms with Crippen molar-refractivity contribution in [3.8, 4) is 0 Å². The molecule has 8 heavy (non-hydrogen) atoms. The van der Waals surface area contributed by atoms with Crippen molar-refractivity contribution in [2.75, 3.05) is 10.7 Å². The van der Waals surface area contributed by atoms with Gasteiger partial charge in [0.2, 0.25) is 0 Å². The van der Waals surface area contributed by atoms with Crippen LogP contribution in [0.4, 0.5) is 0 Å². The number of hydrogen-bond acceptors (Lipinski definition) is 0. The zero-order chi connectivity index (χ0) is 6.62. The molecule has 0 heterocycles. The van der Waals surface area contributed by atoms with Crippen LogP contribution in [-0.4, -0.2) is 15.0 Å². The lowest BCUT2D eigenvalue weighted by Gasteiger charge is -2.12. The monoisotopic (exact) mass is 282 g/mol. The van der Waals surface area contributed by atoms with Gasteiger partial charge in [-0.25, -0.2) is 0 Å². The number of hydrogen-bond donors (Lipinski definition) is 0. The highest BCUT2D eigenvalue weighted by Gasteiger charge is 2.20. The van der Waals surface area contributed by atoms with E-state index in [0.717, 1.165) is 11.8 Å². The fourth-order valence-electron chi connectivity index (χ4n) is 0.205. The van der Waals surface area contributed by atoms with E-state index >= 15 is 0 Å². The molecule has 0 radical (unpaired) electrons. The predicted molar refractivity (Wildman–Crippen MR) is 46.6 cm³/mol. The van der Waals surface area contributed by atoms with Crippen LogP contribution < -0.4 is 0 Å². The molecular formula is C4H6Br2Cl2. The summed E-state index contributed by atoms with van der Waals surface area (Å²) in [5, 5.41) is 1.46. The zero-order valence-electron chi connectivity index (χ0n) is 4.13. The lowest BCUT2D eigenvalue weighted by Crippen LogP contribution is -2.14. The fraction of sp³-hybridized carbons (Fsp3) is 1.00. The minimum atomic E-state index is -0.594. The van der Waals surface area contributed by atoms with Crippen molar-refractivity contribution in [1.29, 1.82) is 0 Å². The maximum absolute atomic E-state index is 5.71. The molecule has 0 rings (SSSR count). The lowest BCUT2D eigenvalue weighted by molar-refractivity contribution is 0.852. The van der Waals surface area contributed by atoms with Gasteiger partial charge in [0.1, 0.15) is 4.33 Å². The van der Waals surface area contributed by atoms with Crippen LogP contribution in [-0.2, 0) is 0 Å². The van der Waals surface area contributed by atoms with Crippen molar-refractivity contribution < 1.29 is 0 Å². The molecule has 0 aliphatic rings. The quantitative estimate of drug-likeness (QED) is 0.698. The van der Waals surface area contributed by atoms with Gasteiger partial charge >= 0.3 is 0 Å². The molecule has 0 bridgehead atoms. The van der Waals surface area contributed by atoms with Crippen LogP contribution in [0.5, 0.6) is 0 Å². The Morgan fingerprint density at radius 2 is 1.75 bits per heavy atom. The Labute approximate surface area is 76.2 Å². The molecule has 50 valence electrons. The molecule has 0 unspecified atom stereocenters. The zero-order valence-corrected chi connectivity index (χ0v) is 8.82. The van der Waals surface area contributed by atoms with Gasteiger partial charge in [0.15, 0.2) is 0 Å². The first-order chi connectivity index (χ1) is 3.62. The molecule has 0 atom stereocenters. The average molecular weight is 285 g/mol. The first kappa shape index (κ1) is 9.54. The molecule has 0 aliphatic heterocycles. The van der Waals surface area contributed by atoms with E-state index < -0.39 is 4.33 Å². The minimum Gasteiger partial charge on any atom is -0.101 e. The summed E-state index contributed by atoms with van der Waals surface area (Å²) < 4.78 is -0.594. The Hall–Kier alpha value is 1.54. The topological polar surface area (TPSA) is 0 Å². The van der Waals surface area contributed by atoms with E-state index in [-0.39, 0.29) is 0 Å². The van der Waals surface area contributed by atoms with Gasteiger partial charge < -0.3 is 0 Å². The maximum atomic E-state index is 5.71. The Bertz CT molecular complexity index is 65.1. The highest BCUT2D eigenvalue weighted by atomic mass is 79.9. The summed E-state index contributed by atoms with van der Waals surface area (Å²) in [7, 11) is 0. The van der Waals surface area contributed by atoms with E-state index in [1.54, 1.807) is 0 Å². The first-order valence-electron chi connectivity index (χ1n) is 2.12. The van der Waals surface area contributed by atoms with Crippen LogP contribution in [0, 0.1) is 0 Å². The standard InChI is InChI=1S/C4H6Br2Cl2/c5-2-1-4(7,8)3-6/h1-3H2. The molecule has 0 aliphatic carbocycles. The second-order valence-electron chi connectivity index (χ2n) is 1.43. The highest BCUT2D eigenvalue weighted by molar-refractivity contribution is 9.09. The molecule has 4 heteroatoms. The predicted octanol–water partition coefficient (Wildman–Crippen LogP) is 3.34. The molecule has 0 aromatic carbocycles. The smallest absolute Gasteiger partial charge is 0.101 e. The Balaban J connectivity index is 3.37. The first-order valence-corrected chi connectivity index (χ1v) is 5.12. The van der Waals surface area contributed by atoms with Gasteiger partial charge in [-0.05, 0) is 6.42 Å². The van der Waals surface area contributed by atoms with Gasteiger partial charge in [-0.2, -0.15) is 0 Å². The van der Waals surface area contributed by atoms with Crippen molar-refractivity contribution >= 4 is 55.1 Å². The highest BCUT2D eigenvalue weighted by Crippen LogP contribution is 2.27. The van der Waals surface area contributed by atoms with E-state index in [9.17, 15) is 0 Å². The van der Waals surface area contributed by atoms with Crippen LogP contribution in [0.15, 0.2) is 0 Å². The molecule has 0 amide bonds. The van der Waals surface area contributed by atoms with Gasteiger partial charge in [0.05, 0.1) is 0 Å². The fourth-order valence-corrected chi connectivity index (χ4v) is 1.81. The lowest BCUT2D eigenvalue weighted by atomic mass is 10.4. The third-order valence-electron chi connectivity index (χ3n) is 0.656. The summed E-state index contributed by atoms with van der Waals surface area (Å²) in [6, 6.07) is 0. The molecule has 0 saturated heterocycles. The number of halogens is 4. The average Bonchev–Trinajstić information content (AvgIpc) is 1.67. The number of rotatable bonds is 3. The van der Waals surface area contributed by atoms with Crippen molar-refractivity contribution in [2.24, 2.45) is 0 Å². The van der Waals surface area contributed by atoms with Crippen LogP contribution in [0.2, 0.25) is 0 Å². The molecule has 0 N–H and O–H groups in total. The second kappa shape index (κ2) is 4.37. The summed E-state index contributed by atoms with van der Waals surface area (Å²) >= 11 is 17.8. The molecule has 0 aromatic rings. The van der Waals surface area contributed by atoms with Crippen LogP contribution >= 0.6 is 55.1 Å². The summed E-state index contributed by atoms with van der Waals surface area (Å²) in [5.74, 6) is 0. The van der Waals surface area contributed by atoms with E-state index in [0.29, 0.717) is 5.33 Å². The summed E-state index contributed by atoms with van der Waals surface area (Å²) in [5.41, 5.74) is 0. The third-order valence-corrected chi connectivity index (χ3v) is 3.30. The molecule has 0 nitrogen and oxygen atoms in total. The van der Waals surface area contributed by atoms with Crippen molar-refractivity contribution in [2.45, 2.75) is 10.8 Å². The normalized spacial score (nSPS) is 12.0. The van der Waals surface area contributed by atoms with Crippen molar-refractivity contribution in [3.05, 3.63) is 0 Å². The number of alkyl halides is 4. The Morgan fingerprint density at radius 3 is 1.88 bits per heavy atom. The summed E-state index contributed by atoms with van der Waals surface area (Å²) in [6.07, 6.45) is 0.765. The summed E-state index contributed by atoms with van der Waals surface area (Å²) in [6.45, 7) is 0.